The van der Waals surface area contributed by atoms with Crippen LogP contribution >= 0.6 is 0 Å². The van der Waals surface area contributed by atoms with Crippen molar-refractivity contribution < 1.29 is 18.0 Å². The van der Waals surface area contributed by atoms with Crippen LogP contribution in [0, 0.1) is 17.3 Å². The van der Waals surface area contributed by atoms with Gasteiger partial charge in [0.25, 0.3) is 5.91 Å². The number of hydrogen-bond donors (Lipinski definition) is 2. The number of likely N-dealkylation sites (tertiary alicyclic amines) is 2. The predicted octanol–water partition coefficient (Wildman–Crippen LogP) is 2.87. The zero-order chi connectivity index (χ0) is 26.2. The van der Waals surface area contributed by atoms with E-state index >= 15 is 0 Å². The van der Waals surface area contributed by atoms with E-state index in [1.165, 1.54) is 43.0 Å². The molecule has 2 saturated heterocycles. The van der Waals surface area contributed by atoms with Crippen molar-refractivity contribution in [1.29, 1.82) is 0 Å². The Morgan fingerprint density at radius 3 is 2.54 bits per heavy atom. The van der Waals surface area contributed by atoms with E-state index in [9.17, 15) is 18.0 Å². The second kappa shape index (κ2) is 9.46. The highest BCUT2D eigenvalue weighted by atomic mass is 19.4. The second-order valence-electron chi connectivity index (χ2n) is 9.68. The summed E-state index contributed by atoms with van der Waals surface area (Å²) in [7, 11) is 2.04. The number of rotatable bonds is 4. The Balaban J connectivity index is 1.28. The van der Waals surface area contributed by atoms with Crippen molar-refractivity contribution in [2.75, 3.05) is 44.3 Å². The molecule has 5 rings (SSSR count). The molecule has 2 fully saturated rings. The molecular formula is C26H24F3N7O. The Morgan fingerprint density at radius 1 is 1.08 bits per heavy atom. The van der Waals surface area contributed by atoms with Crippen molar-refractivity contribution in [3.8, 4) is 11.8 Å². The first-order chi connectivity index (χ1) is 17.6. The smallest absolute Gasteiger partial charge is 0.382 e. The molecule has 190 valence electrons. The Hall–Kier alpha value is -4.01. The normalized spacial score (nSPS) is 16.9. The van der Waals surface area contributed by atoms with Crippen molar-refractivity contribution in [3.63, 3.8) is 0 Å². The van der Waals surface area contributed by atoms with Gasteiger partial charge in [0.05, 0.1) is 23.5 Å². The molecule has 37 heavy (non-hydrogen) atoms. The molecule has 1 amide bonds. The molecule has 8 nitrogen and oxygen atoms in total. The number of nitrogens with one attached hydrogen (secondary N) is 1. The van der Waals surface area contributed by atoms with Gasteiger partial charge in [0.15, 0.2) is 0 Å². The highest BCUT2D eigenvalue weighted by Gasteiger charge is 2.50. The maximum Gasteiger partial charge on any atom is 0.416 e. The number of amides is 1. The number of nitrogens with zero attached hydrogens (tertiary/aromatic N) is 5. The van der Waals surface area contributed by atoms with Crippen LogP contribution in [0.3, 0.4) is 0 Å². The number of anilines is 2. The van der Waals surface area contributed by atoms with Crippen LogP contribution in [-0.4, -0.2) is 63.9 Å². The lowest BCUT2D eigenvalue weighted by Crippen LogP contribution is -2.70. The van der Waals surface area contributed by atoms with E-state index in [2.05, 4.69) is 37.0 Å². The number of alkyl halides is 3. The van der Waals surface area contributed by atoms with Crippen LogP contribution in [0.4, 0.5) is 24.7 Å². The third kappa shape index (κ3) is 5.55. The molecule has 3 N–H and O–H groups in total. The van der Waals surface area contributed by atoms with Crippen LogP contribution in [-0.2, 0) is 12.7 Å². The van der Waals surface area contributed by atoms with E-state index in [1.54, 1.807) is 0 Å². The van der Waals surface area contributed by atoms with Gasteiger partial charge in [-0.25, -0.2) is 9.97 Å². The van der Waals surface area contributed by atoms with Gasteiger partial charge in [-0.3, -0.25) is 14.7 Å². The average molecular weight is 508 g/mol. The standard InChI is InChI=1S/C26H24F3N7O/c1-35-13-25(14-35)15-36(16-25)12-18-3-5-20(7-22(18)26(27,28)29)34-24(37)19-6-17(8-31-9-19)2-4-21-10-33-23(30)11-32-21/h3,5-11H,12-16H2,1H3,(H2,30,33)(H,34,37). The fraction of sp³-hybridized carbons (Fsp3) is 0.308. The minimum Gasteiger partial charge on any atom is -0.382 e. The van der Waals surface area contributed by atoms with Crippen LogP contribution in [0.2, 0.25) is 0 Å². The molecule has 1 spiro atoms. The van der Waals surface area contributed by atoms with Gasteiger partial charge in [-0.1, -0.05) is 12.0 Å². The monoisotopic (exact) mass is 507 g/mol. The van der Waals surface area contributed by atoms with E-state index in [1.807, 2.05) is 11.9 Å². The summed E-state index contributed by atoms with van der Waals surface area (Å²) in [5.41, 5.74) is 6.20. The van der Waals surface area contributed by atoms with E-state index in [-0.39, 0.29) is 34.6 Å². The first-order valence-electron chi connectivity index (χ1n) is 11.6. The summed E-state index contributed by atoms with van der Waals surface area (Å²) in [6.45, 7) is 3.78. The van der Waals surface area contributed by atoms with E-state index < -0.39 is 17.6 Å². The van der Waals surface area contributed by atoms with Crippen molar-refractivity contribution in [3.05, 3.63) is 77.0 Å². The van der Waals surface area contributed by atoms with Gasteiger partial charge in [-0.05, 0) is 36.7 Å². The van der Waals surface area contributed by atoms with Gasteiger partial charge in [0.1, 0.15) is 11.5 Å². The molecule has 0 unspecified atom stereocenters. The Labute approximate surface area is 211 Å². The van der Waals surface area contributed by atoms with E-state index in [0.717, 1.165) is 32.2 Å². The van der Waals surface area contributed by atoms with Crippen molar-refractivity contribution in [2.24, 2.45) is 5.41 Å². The van der Waals surface area contributed by atoms with Gasteiger partial charge >= 0.3 is 6.18 Å². The molecular weight excluding hydrogens is 483 g/mol. The Kier molecular flexibility index (Phi) is 6.31. The summed E-state index contributed by atoms with van der Waals surface area (Å²) < 4.78 is 41.6. The molecule has 0 radical (unpaired) electrons. The summed E-state index contributed by atoms with van der Waals surface area (Å²) in [6, 6.07) is 5.41. The number of carbonyl (C=O) groups excluding carboxylic acids is 1. The molecule has 4 heterocycles. The van der Waals surface area contributed by atoms with Crippen LogP contribution in [0.1, 0.15) is 32.7 Å². The number of pyridine rings is 1. The van der Waals surface area contributed by atoms with Crippen molar-refractivity contribution in [2.45, 2.75) is 12.7 Å². The molecule has 0 atom stereocenters. The van der Waals surface area contributed by atoms with Gasteiger partial charge in [-0.15, -0.1) is 0 Å². The quantitative estimate of drug-likeness (QED) is 0.524. The maximum absolute atomic E-state index is 13.9. The number of nitrogens with two attached hydrogens (primary N) is 1. The Morgan fingerprint density at radius 2 is 1.86 bits per heavy atom. The third-order valence-corrected chi connectivity index (χ3v) is 6.40. The number of carbonyl (C=O) groups is 1. The summed E-state index contributed by atoms with van der Waals surface area (Å²) in [5.74, 6) is 5.29. The van der Waals surface area contributed by atoms with Crippen molar-refractivity contribution in [1.82, 2.24) is 24.8 Å². The van der Waals surface area contributed by atoms with E-state index in [0.29, 0.717) is 11.3 Å². The zero-order valence-corrected chi connectivity index (χ0v) is 20.0. The average Bonchev–Trinajstić information content (AvgIpc) is 2.82. The van der Waals surface area contributed by atoms with Gasteiger partial charge in [0, 0.05) is 61.8 Å². The van der Waals surface area contributed by atoms with Crippen LogP contribution in [0.15, 0.2) is 49.1 Å². The summed E-state index contributed by atoms with van der Waals surface area (Å²) in [4.78, 5) is 29.0. The Bertz CT molecular complexity index is 1380. The maximum atomic E-state index is 13.9. The molecule has 0 bridgehead atoms. The minimum absolute atomic E-state index is 0.0513. The van der Waals surface area contributed by atoms with Crippen LogP contribution < -0.4 is 11.1 Å². The third-order valence-electron chi connectivity index (χ3n) is 6.40. The number of benzene rings is 1. The molecule has 2 aliphatic rings. The van der Waals surface area contributed by atoms with Gasteiger partial charge in [0.2, 0.25) is 0 Å². The SMILES string of the molecule is CN1CC2(C1)CN(Cc1ccc(NC(=O)c3cncc(C#Cc4cnc(N)cn4)c3)cc1C(F)(F)F)C2. The fourth-order valence-electron chi connectivity index (χ4n) is 4.98. The second-order valence-corrected chi connectivity index (χ2v) is 9.68. The predicted molar refractivity (Wildman–Crippen MR) is 131 cm³/mol. The lowest BCUT2D eigenvalue weighted by atomic mass is 9.73. The first kappa shape index (κ1) is 24.7. The summed E-state index contributed by atoms with van der Waals surface area (Å²) in [5, 5.41) is 2.54. The lowest BCUT2D eigenvalue weighted by molar-refractivity contribution is -0.139. The van der Waals surface area contributed by atoms with E-state index in [4.69, 9.17) is 5.73 Å². The largest absolute Gasteiger partial charge is 0.416 e. The highest BCUT2D eigenvalue weighted by Crippen LogP contribution is 2.41. The van der Waals surface area contributed by atoms with Gasteiger partial charge in [-0.2, -0.15) is 13.2 Å². The fourth-order valence-corrected chi connectivity index (χ4v) is 4.98. The number of halogens is 3. The lowest BCUT2D eigenvalue weighted by Gasteiger charge is -2.59. The number of hydrogen-bond acceptors (Lipinski definition) is 7. The summed E-state index contributed by atoms with van der Waals surface area (Å²) in [6.07, 6.45) is 1.03. The molecule has 2 aromatic heterocycles. The number of aromatic nitrogens is 3. The molecule has 1 aromatic carbocycles. The minimum atomic E-state index is -4.54. The zero-order valence-electron chi connectivity index (χ0n) is 20.0. The molecule has 2 aliphatic heterocycles. The van der Waals surface area contributed by atoms with Crippen molar-refractivity contribution >= 4 is 17.4 Å². The van der Waals surface area contributed by atoms with Gasteiger partial charge < -0.3 is 16.0 Å². The number of nitrogen functional groups attached to an aromatic ring is 1. The first-order valence-corrected chi connectivity index (χ1v) is 11.6. The molecule has 0 saturated carbocycles. The summed E-state index contributed by atoms with van der Waals surface area (Å²) >= 11 is 0. The topological polar surface area (TPSA) is 100 Å². The van der Waals surface area contributed by atoms with Crippen LogP contribution in [0.25, 0.3) is 0 Å². The molecule has 3 aromatic rings. The molecule has 0 aliphatic carbocycles. The van der Waals surface area contributed by atoms with Crippen LogP contribution in [0.5, 0.6) is 0 Å². The molecule has 11 heteroatoms. The highest BCUT2D eigenvalue weighted by molar-refractivity contribution is 6.04.